The van der Waals surface area contributed by atoms with E-state index in [0.29, 0.717) is 28.5 Å². The summed E-state index contributed by atoms with van der Waals surface area (Å²) in [6.45, 7) is 5.70. The first kappa shape index (κ1) is 21.2. The molecule has 0 fully saturated rings. The highest BCUT2D eigenvalue weighted by Crippen LogP contribution is 2.36. The first-order valence-electron chi connectivity index (χ1n) is 9.91. The molecule has 0 spiro atoms. The topological polar surface area (TPSA) is 99.0 Å². The molecule has 1 aliphatic heterocycles. The molecule has 0 bridgehead atoms. The van der Waals surface area contributed by atoms with Gasteiger partial charge in [0.25, 0.3) is 0 Å². The Kier molecular flexibility index (Phi) is 5.62. The standard InChI is InChI=1S/C22H23FN6OS/c1-13-8-14(2)29(28-13)20-12-25-18(11-26-20)19(30)10-15-4-5-17(23)16(9-15)22(3)6-7-31-21(24)27-22/h4-5,8-9,11-12H,6-7,10H2,1-3H3,(H2,24,27)/t22-/m0/s1. The third-order valence-electron chi connectivity index (χ3n) is 5.32. The van der Waals surface area contributed by atoms with E-state index in [1.165, 1.54) is 30.2 Å². The van der Waals surface area contributed by atoms with Crippen molar-refractivity contribution in [2.45, 2.75) is 39.2 Å². The predicted molar refractivity (Wildman–Crippen MR) is 119 cm³/mol. The lowest BCUT2D eigenvalue weighted by molar-refractivity contribution is 0.0987. The molecule has 1 aromatic carbocycles. The van der Waals surface area contributed by atoms with Gasteiger partial charge in [0.15, 0.2) is 16.8 Å². The van der Waals surface area contributed by atoms with Crippen molar-refractivity contribution in [1.29, 1.82) is 0 Å². The molecule has 160 valence electrons. The smallest absolute Gasteiger partial charge is 0.187 e. The van der Waals surface area contributed by atoms with Gasteiger partial charge in [-0.2, -0.15) is 5.10 Å². The SMILES string of the molecule is Cc1cc(C)n(-c2cnc(C(=O)Cc3ccc(F)c([C@]4(C)CCSC(N)=N4)c3)cn2)n1. The summed E-state index contributed by atoms with van der Waals surface area (Å²) in [7, 11) is 0. The Balaban J connectivity index is 1.55. The van der Waals surface area contributed by atoms with Gasteiger partial charge >= 0.3 is 0 Å². The lowest BCUT2D eigenvalue weighted by Gasteiger charge is -2.30. The predicted octanol–water partition coefficient (Wildman–Crippen LogP) is 3.51. The second kappa shape index (κ2) is 8.22. The number of nitrogens with two attached hydrogens (primary N) is 1. The van der Waals surface area contributed by atoms with Gasteiger partial charge in [-0.1, -0.05) is 17.8 Å². The fourth-order valence-corrected chi connectivity index (χ4v) is 4.66. The zero-order valence-corrected chi connectivity index (χ0v) is 18.4. The van der Waals surface area contributed by atoms with Crippen LogP contribution < -0.4 is 5.73 Å². The van der Waals surface area contributed by atoms with Crippen LogP contribution in [0.3, 0.4) is 0 Å². The van der Waals surface area contributed by atoms with E-state index in [2.05, 4.69) is 20.1 Å². The molecule has 4 rings (SSSR count). The van der Waals surface area contributed by atoms with Crippen LogP contribution in [0.1, 0.15) is 46.3 Å². The van der Waals surface area contributed by atoms with E-state index in [1.807, 2.05) is 26.8 Å². The second-order valence-electron chi connectivity index (χ2n) is 7.84. The fraction of sp³-hybridized carbons (Fsp3) is 0.318. The number of rotatable bonds is 5. The number of hydrogen-bond acceptors (Lipinski definition) is 7. The van der Waals surface area contributed by atoms with E-state index in [0.717, 1.165) is 17.1 Å². The molecule has 0 saturated carbocycles. The molecule has 1 atom stereocenters. The summed E-state index contributed by atoms with van der Waals surface area (Å²) >= 11 is 1.46. The molecule has 3 aromatic rings. The summed E-state index contributed by atoms with van der Waals surface area (Å²) in [5, 5.41) is 4.82. The van der Waals surface area contributed by atoms with Crippen molar-refractivity contribution in [2.75, 3.05) is 5.75 Å². The van der Waals surface area contributed by atoms with Crippen LogP contribution in [0.25, 0.3) is 5.82 Å². The molecular weight excluding hydrogens is 415 g/mol. The minimum Gasteiger partial charge on any atom is -0.379 e. The Hall–Kier alpha value is -3.07. The van der Waals surface area contributed by atoms with Crippen molar-refractivity contribution >= 4 is 22.7 Å². The number of aryl methyl sites for hydroxylation is 2. The van der Waals surface area contributed by atoms with Crippen molar-refractivity contribution < 1.29 is 9.18 Å². The van der Waals surface area contributed by atoms with Crippen molar-refractivity contribution in [3.05, 3.63) is 70.7 Å². The number of Topliss-reactive ketones (excluding diaryl/α,β-unsaturated/α-hetero) is 1. The highest BCUT2D eigenvalue weighted by atomic mass is 32.2. The van der Waals surface area contributed by atoms with Crippen LogP contribution in [0.15, 0.2) is 41.7 Å². The lowest BCUT2D eigenvalue weighted by atomic mass is 9.87. The average Bonchev–Trinajstić information content (AvgIpc) is 3.07. The number of ketones is 1. The zero-order chi connectivity index (χ0) is 22.2. The van der Waals surface area contributed by atoms with E-state index in [-0.39, 0.29) is 23.7 Å². The van der Waals surface area contributed by atoms with Gasteiger partial charge in [0.05, 0.1) is 23.6 Å². The fourth-order valence-electron chi connectivity index (χ4n) is 3.69. The number of hydrogen-bond donors (Lipinski definition) is 1. The Morgan fingerprint density at radius 1 is 1.26 bits per heavy atom. The Morgan fingerprint density at radius 3 is 2.71 bits per heavy atom. The van der Waals surface area contributed by atoms with E-state index < -0.39 is 5.54 Å². The van der Waals surface area contributed by atoms with Crippen LogP contribution in [-0.4, -0.2) is 36.5 Å². The third kappa shape index (κ3) is 4.36. The summed E-state index contributed by atoms with van der Waals surface area (Å²) in [5.41, 5.74) is 8.34. The summed E-state index contributed by atoms with van der Waals surface area (Å²) in [5.74, 6) is 0.768. The van der Waals surface area contributed by atoms with Crippen LogP contribution in [0.2, 0.25) is 0 Å². The molecule has 0 radical (unpaired) electrons. The number of carbonyl (C=O) groups excluding carboxylic acids is 1. The maximum absolute atomic E-state index is 14.6. The van der Waals surface area contributed by atoms with Gasteiger partial charge in [0, 0.05) is 23.4 Å². The normalized spacial score (nSPS) is 18.6. The number of halogens is 1. The molecule has 0 saturated heterocycles. The lowest BCUT2D eigenvalue weighted by Crippen LogP contribution is -2.29. The number of aromatic nitrogens is 4. The first-order chi connectivity index (χ1) is 14.7. The third-order valence-corrected chi connectivity index (χ3v) is 6.12. The van der Waals surface area contributed by atoms with E-state index in [9.17, 15) is 9.18 Å². The maximum atomic E-state index is 14.6. The van der Waals surface area contributed by atoms with E-state index >= 15 is 0 Å². The van der Waals surface area contributed by atoms with Crippen LogP contribution in [0.5, 0.6) is 0 Å². The molecule has 3 heterocycles. The number of aliphatic imine (C=N–C) groups is 1. The molecule has 0 aliphatic carbocycles. The van der Waals surface area contributed by atoms with Crippen molar-refractivity contribution in [1.82, 2.24) is 19.7 Å². The van der Waals surface area contributed by atoms with Gasteiger partial charge in [0.2, 0.25) is 0 Å². The highest BCUT2D eigenvalue weighted by molar-refractivity contribution is 8.13. The largest absolute Gasteiger partial charge is 0.379 e. The first-order valence-corrected chi connectivity index (χ1v) is 10.9. The Morgan fingerprint density at radius 2 is 2.06 bits per heavy atom. The average molecular weight is 439 g/mol. The molecule has 0 amide bonds. The molecule has 2 N–H and O–H groups in total. The van der Waals surface area contributed by atoms with Gasteiger partial charge in [-0.15, -0.1) is 0 Å². The highest BCUT2D eigenvalue weighted by Gasteiger charge is 2.32. The maximum Gasteiger partial charge on any atom is 0.187 e. The Labute approximate surface area is 184 Å². The minimum atomic E-state index is -0.736. The molecular formula is C22H23FN6OS. The quantitative estimate of drug-likeness (QED) is 0.612. The van der Waals surface area contributed by atoms with Crippen molar-refractivity contribution in [2.24, 2.45) is 10.7 Å². The number of nitrogens with zero attached hydrogens (tertiary/aromatic N) is 5. The van der Waals surface area contributed by atoms with E-state index in [4.69, 9.17) is 5.73 Å². The zero-order valence-electron chi connectivity index (χ0n) is 17.6. The summed E-state index contributed by atoms with van der Waals surface area (Å²) < 4.78 is 16.3. The van der Waals surface area contributed by atoms with Gasteiger partial charge in [-0.3, -0.25) is 9.79 Å². The summed E-state index contributed by atoms with van der Waals surface area (Å²) in [6.07, 6.45) is 3.74. The van der Waals surface area contributed by atoms with Gasteiger partial charge < -0.3 is 5.73 Å². The molecule has 0 unspecified atom stereocenters. The Bertz CT molecular complexity index is 1170. The van der Waals surface area contributed by atoms with Crippen LogP contribution in [0, 0.1) is 19.7 Å². The molecule has 1 aliphatic rings. The van der Waals surface area contributed by atoms with Crippen LogP contribution in [0.4, 0.5) is 4.39 Å². The van der Waals surface area contributed by atoms with Crippen molar-refractivity contribution in [3.63, 3.8) is 0 Å². The van der Waals surface area contributed by atoms with Crippen LogP contribution >= 0.6 is 11.8 Å². The van der Waals surface area contributed by atoms with Gasteiger partial charge in [-0.05, 0) is 51.0 Å². The summed E-state index contributed by atoms with van der Waals surface area (Å²) in [6, 6.07) is 6.64. The number of benzene rings is 1. The van der Waals surface area contributed by atoms with Crippen LogP contribution in [-0.2, 0) is 12.0 Å². The number of thioether (sulfide) groups is 1. The number of amidine groups is 1. The number of carbonyl (C=O) groups is 1. The second-order valence-corrected chi connectivity index (χ2v) is 8.95. The molecule has 9 heteroatoms. The van der Waals surface area contributed by atoms with Crippen molar-refractivity contribution in [3.8, 4) is 5.82 Å². The monoisotopic (exact) mass is 438 g/mol. The van der Waals surface area contributed by atoms with E-state index in [1.54, 1.807) is 16.8 Å². The summed E-state index contributed by atoms with van der Waals surface area (Å²) in [4.78, 5) is 25.8. The molecule has 2 aromatic heterocycles. The molecule has 31 heavy (non-hydrogen) atoms. The molecule has 7 nitrogen and oxygen atoms in total. The van der Waals surface area contributed by atoms with Gasteiger partial charge in [0.1, 0.15) is 11.5 Å². The van der Waals surface area contributed by atoms with Gasteiger partial charge in [-0.25, -0.2) is 19.0 Å². The minimum absolute atomic E-state index is 0.0885.